The zero-order valence-electron chi connectivity index (χ0n) is 8.25. The summed E-state index contributed by atoms with van der Waals surface area (Å²) in [4.78, 5) is 15.5. The van der Waals surface area contributed by atoms with Crippen LogP contribution in [0.1, 0.15) is 20.3 Å². The maximum atomic E-state index is 11.5. The first-order valence-corrected chi connectivity index (χ1v) is 5.35. The first-order chi connectivity index (χ1) is 6.63. The van der Waals surface area contributed by atoms with Crippen LogP contribution in [0.15, 0.2) is 22.9 Å². The van der Waals surface area contributed by atoms with E-state index in [-0.39, 0.29) is 11.8 Å². The van der Waals surface area contributed by atoms with Crippen LogP contribution in [0, 0.1) is 5.92 Å². The van der Waals surface area contributed by atoms with Gasteiger partial charge in [-0.05, 0) is 34.5 Å². The third-order valence-corrected chi connectivity index (χ3v) is 2.52. The minimum absolute atomic E-state index is 0.0385. The normalized spacial score (nSPS) is 12.2. The number of carbonyl (C=O) groups is 1. The van der Waals surface area contributed by atoms with E-state index >= 15 is 0 Å². The third-order valence-electron chi connectivity index (χ3n) is 2.05. The fraction of sp³-hybridized carbons (Fsp3) is 0.400. The van der Waals surface area contributed by atoms with Gasteiger partial charge in [0.05, 0.1) is 11.9 Å². The van der Waals surface area contributed by atoms with Crippen molar-refractivity contribution in [3.8, 4) is 0 Å². The Balaban J connectivity index is 2.60. The molecular formula is C10H13BrN2O. The molecule has 0 aliphatic carbocycles. The molecule has 1 aromatic rings. The van der Waals surface area contributed by atoms with Crippen molar-refractivity contribution in [3.63, 3.8) is 0 Å². The smallest absolute Gasteiger partial charge is 0.227 e. The SMILES string of the molecule is CCC(C)C(=O)Nc1ccc(Br)nc1. The summed E-state index contributed by atoms with van der Waals surface area (Å²) in [5, 5.41) is 2.80. The molecule has 1 heterocycles. The molecule has 1 amide bonds. The highest BCUT2D eigenvalue weighted by atomic mass is 79.9. The molecule has 0 saturated carbocycles. The van der Waals surface area contributed by atoms with Gasteiger partial charge >= 0.3 is 0 Å². The van der Waals surface area contributed by atoms with Gasteiger partial charge in [-0.3, -0.25) is 4.79 Å². The molecule has 0 aliphatic heterocycles. The van der Waals surface area contributed by atoms with Gasteiger partial charge in [-0.15, -0.1) is 0 Å². The van der Waals surface area contributed by atoms with Crippen LogP contribution in [0.25, 0.3) is 0 Å². The Morgan fingerprint density at radius 3 is 2.86 bits per heavy atom. The highest BCUT2D eigenvalue weighted by Crippen LogP contribution is 2.12. The second-order valence-corrected chi connectivity index (χ2v) is 3.98. The van der Waals surface area contributed by atoms with Crippen LogP contribution in [-0.4, -0.2) is 10.9 Å². The van der Waals surface area contributed by atoms with Crippen LogP contribution in [-0.2, 0) is 4.79 Å². The van der Waals surface area contributed by atoms with Crippen molar-refractivity contribution in [2.24, 2.45) is 5.92 Å². The van der Waals surface area contributed by atoms with Gasteiger partial charge in [0.15, 0.2) is 0 Å². The van der Waals surface area contributed by atoms with Gasteiger partial charge in [0.25, 0.3) is 0 Å². The number of hydrogen-bond donors (Lipinski definition) is 1. The van der Waals surface area contributed by atoms with E-state index in [1.807, 2.05) is 19.9 Å². The average Bonchev–Trinajstić information content (AvgIpc) is 2.20. The summed E-state index contributed by atoms with van der Waals surface area (Å²) >= 11 is 3.23. The molecule has 4 heteroatoms. The van der Waals surface area contributed by atoms with Crippen LogP contribution in [0.5, 0.6) is 0 Å². The summed E-state index contributed by atoms with van der Waals surface area (Å²) in [7, 11) is 0. The Kier molecular flexibility index (Phi) is 4.07. The molecule has 3 nitrogen and oxygen atoms in total. The lowest BCUT2D eigenvalue weighted by Crippen LogP contribution is -2.19. The summed E-state index contributed by atoms with van der Waals surface area (Å²) in [5.74, 6) is 0.0790. The number of amides is 1. The summed E-state index contributed by atoms with van der Waals surface area (Å²) in [5.41, 5.74) is 0.735. The lowest BCUT2D eigenvalue weighted by atomic mass is 10.1. The van der Waals surface area contributed by atoms with E-state index in [0.29, 0.717) is 0 Å². The van der Waals surface area contributed by atoms with Gasteiger partial charge in [-0.1, -0.05) is 13.8 Å². The highest BCUT2D eigenvalue weighted by molar-refractivity contribution is 9.10. The number of halogens is 1. The van der Waals surface area contributed by atoms with Crippen molar-refractivity contribution >= 4 is 27.5 Å². The minimum Gasteiger partial charge on any atom is -0.324 e. The van der Waals surface area contributed by atoms with Gasteiger partial charge in [-0.2, -0.15) is 0 Å². The fourth-order valence-electron chi connectivity index (χ4n) is 0.901. The molecule has 0 fully saturated rings. The van der Waals surface area contributed by atoms with Gasteiger partial charge < -0.3 is 5.32 Å². The van der Waals surface area contributed by atoms with E-state index < -0.39 is 0 Å². The number of anilines is 1. The standard InChI is InChI=1S/C10H13BrN2O/c1-3-7(2)10(14)13-8-4-5-9(11)12-6-8/h4-7H,3H2,1-2H3,(H,13,14). The first kappa shape index (κ1) is 11.2. The number of aromatic nitrogens is 1. The number of rotatable bonds is 3. The van der Waals surface area contributed by atoms with Crippen molar-refractivity contribution < 1.29 is 4.79 Å². The Morgan fingerprint density at radius 2 is 2.36 bits per heavy atom. The molecule has 1 N–H and O–H groups in total. The predicted octanol–water partition coefficient (Wildman–Crippen LogP) is 2.83. The summed E-state index contributed by atoms with van der Waals surface area (Å²) in [6.07, 6.45) is 2.47. The number of nitrogens with zero attached hydrogens (tertiary/aromatic N) is 1. The van der Waals surface area contributed by atoms with E-state index in [2.05, 4.69) is 26.2 Å². The molecule has 0 spiro atoms. The molecule has 0 aliphatic rings. The summed E-state index contributed by atoms with van der Waals surface area (Å²) in [6, 6.07) is 3.61. The highest BCUT2D eigenvalue weighted by Gasteiger charge is 2.10. The maximum Gasteiger partial charge on any atom is 0.227 e. The minimum atomic E-state index is 0.0385. The molecule has 1 aromatic heterocycles. The molecule has 1 atom stereocenters. The molecule has 0 bridgehead atoms. The predicted molar refractivity (Wildman–Crippen MR) is 60.0 cm³/mol. The Morgan fingerprint density at radius 1 is 1.64 bits per heavy atom. The van der Waals surface area contributed by atoms with E-state index in [9.17, 15) is 4.79 Å². The molecule has 0 radical (unpaired) electrons. The van der Waals surface area contributed by atoms with Crippen LogP contribution >= 0.6 is 15.9 Å². The van der Waals surface area contributed by atoms with E-state index in [4.69, 9.17) is 0 Å². The molecule has 76 valence electrons. The van der Waals surface area contributed by atoms with Crippen molar-refractivity contribution in [2.45, 2.75) is 20.3 Å². The maximum absolute atomic E-state index is 11.5. The van der Waals surface area contributed by atoms with Gasteiger partial charge in [0.2, 0.25) is 5.91 Å². The number of pyridine rings is 1. The van der Waals surface area contributed by atoms with Crippen molar-refractivity contribution in [1.29, 1.82) is 0 Å². The van der Waals surface area contributed by atoms with Crippen LogP contribution < -0.4 is 5.32 Å². The van der Waals surface area contributed by atoms with Crippen molar-refractivity contribution in [2.75, 3.05) is 5.32 Å². The lowest BCUT2D eigenvalue weighted by Gasteiger charge is -2.09. The largest absolute Gasteiger partial charge is 0.324 e. The monoisotopic (exact) mass is 256 g/mol. The molecule has 0 saturated heterocycles. The second kappa shape index (κ2) is 5.10. The van der Waals surface area contributed by atoms with Gasteiger partial charge in [0, 0.05) is 5.92 Å². The molecular weight excluding hydrogens is 244 g/mol. The lowest BCUT2D eigenvalue weighted by molar-refractivity contribution is -0.119. The van der Waals surface area contributed by atoms with Crippen molar-refractivity contribution in [1.82, 2.24) is 4.98 Å². The fourth-order valence-corrected chi connectivity index (χ4v) is 1.14. The van der Waals surface area contributed by atoms with E-state index in [1.54, 1.807) is 12.3 Å². The van der Waals surface area contributed by atoms with Crippen LogP contribution in [0.4, 0.5) is 5.69 Å². The van der Waals surface area contributed by atoms with Crippen molar-refractivity contribution in [3.05, 3.63) is 22.9 Å². The second-order valence-electron chi connectivity index (χ2n) is 3.17. The van der Waals surface area contributed by atoms with Gasteiger partial charge in [0.1, 0.15) is 4.60 Å². The number of carbonyl (C=O) groups excluding carboxylic acids is 1. The van der Waals surface area contributed by atoms with E-state index in [0.717, 1.165) is 16.7 Å². The van der Waals surface area contributed by atoms with E-state index in [1.165, 1.54) is 0 Å². The molecule has 14 heavy (non-hydrogen) atoms. The molecule has 0 aromatic carbocycles. The Bertz CT molecular complexity index is 310. The number of nitrogens with one attached hydrogen (secondary N) is 1. The average molecular weight is 257 g/mol. The quantitative estimate of drug-likeness (QED) is 0.846. The molecule has 1 rings (SSSR count). The molecule has 1 unspecified atom stereocenters. The zero-order valence-corrected chi connectivity index (χ0v) is 9.84. The van der Waals surface area contributed by atoms with Gasteiger partial charge in [-0.25, -0.2) is 4.98 Å². The number of hydrogen-bond acceptors (Lipinski definition) is 2. The summed E-state index contributed by atoms with van der Waals surface area (Å²) in [6.45, 7) is 3.89. The third kappa shape index (κ3) is 3.10. The van der Waals surface area contributed by atoms with Crippen LogP contribution in [0.3, 0.4) is 0 Å². The topological polar surface area (TPSA) is 42.0 Å². The van der Waals surface area contributed by atoms with Crippen LogP contribution in [0.2, 0.25) is 0 Å². The summed E-state index contributed by atoms with van der Waals surface area (Å²) < 4.78 is 0.763. The Labute approximate surface area is 92.1 Å². The first-order valence-electron chi connectivity index (χ1n) is 4.56. The Hall–Kier alpha value is -0.900. The zero-order chi connectivity index (χ0) is 10.6.